The summed E-state index contributed by atoms with van der Waals surface area (Å²) in [5.74, 6) is -0.648. The fourth-order valence-corrected chi connectivity index (χ4v) is 2.25. The number of rotatable bonds is 3. The third-order valence-corrected chi connectivity index (χ3v) is 4.06. The van der Waals surface area contributed by atoms with E-state index in [2.05, 4.69) is 5.32 Å². The molecule has 0 heterocycles. The number of ether oxygens (including phenoxy) is 1. The van der Waals surface area contributed by atoms with E-state index in [9.17, 15) is 9.18 Å². The van der Waals surface area contributed by atoms with Gasteiger partial charge >= 0.3 is 0 Å². The zero-order chi connectivity index (χ0) is 14.2. The highest BCUT2D eigenvalue weighted by molar-refractivity contribution is 5.94. The van der Waals surface area contributed by atoms with Gasteiger partial charge in [0.15, 0.2) is 11.6 Å². The van der Waals surface area contributed by atoms with Crippen LogP contribution < -0.4 is 15.8 Å². The number of hydrogen-bond donors (Lipinski definition) is 2. The van der Waals surface area contributed by atoms with Crippen LogP contribution in [0.25, 0.3) is 0 Å². The van der Waals surface area contributed by atoms with E-state index >= 15 is 0 Å². The summed E-state index contributed by atoms with van der Waals surface area (Å²) in [6, 6.07) is 4.21. The standard InChI is InChI=1S/C14H19FN2O2/c1-14(2)11(16)7-12(14)17-13(18)8-4-5-9(15)10(6-8)19-3/h4-6,11-12H,7,16H2,1-3H3,(H,17,18). The van der Waals surface area contributed by atoms with Crippen LogP contribution in [0, 0.1) is 11.2 Å². The van der Waals surface area contributed by atoms with E-state index < -0.39 is 5.82 Å². The molecule has 1 saturated carbocycles. The van der Waals surface area contributed by atoms with Crippen LogP contribution in [0.4, 0.5) is 4.39 Å². The summed E-state index contributed by atoms with van der Waals surface area (Å²) in [7, 11) is 1.37. The molecule has 0 radical (unpaired) electrons. The molecular weight excluding hydrogens is 247 g/mol. The molecule has 1 aliphatic rings. The van der Waals surface area contributed by atoms with Gasteiger partial charge in [0.2, 0.25) is 0 Å². The largest absolute Gasteiger partial charge is 0.494 e. The summed E-state index contributed by atoms with van der Waals surface area (Å²) < 4.78 is 18.1. The lowest BCUT2D eigenvalue weighted by molar-refractivity contribution is 0.0586. The molecule has 5 heteroatoms. The maximum atomic E-state index is 13.3. The molecule has 2 unspecified atom stereocenters. The van der Waals surface area contributed by atoms with Gasteiger partial charge in [0.1, 0.15) is 0 Å². The second kappa shape index (κ2) is 4.81. The topological polar surface area (TPSA) is 64.3 Å². The van der Waals surface area contributed by atoms with Crippen LogP contribution in [-0.2, 0) is 0 Å². The molecule has 0 aliphatic heterocycles. The summed E-state index contributed by atoms with van der Waals surface area (Å²) in [6.07, 6.45) is 0.761. The monoisotopic (exact) mass is 266 g/mol. The van der Waals surface area contributed by atoms with E-state index in [-0.39, 0.29) is 29.2 Å². The molecule has 1 fully saturated rings. The minimum atomic E-state index is -0.481. The van der Waals surface area contributed by atoms with Gasteiger partial charge in [0, 0.05) is 23.1 Å². The Kier molecular flexibility index (Phi) is 3.49. The Morgan fingerprint density at radius 1 is 1.53 bits per heavy atom. The quantitative estimate of drug-likeness (QED) is 0.875. The molecule has 2 rings (SSSR count). The highest BCUT2D eigenvalue weighted by Crippen LogP contribution is 2.39. The number of carbonyl (C=O) groups is 1. The van der Waals surface area contributed by atoms with Crippen molar-refractivity contribution >= 4 is 5.91 Å². The van der Waals surface area contributed by atoms with Crippen molar-refractivity contribution in [3.63, 3.8) is 0 Å². The van der Waals surface area contributed by atoms with E-state index in [1.54, 1.807) is 0 Å². The highest BCUT2D eigenvalue weighted by Gasteiger charge is 2.46. The zero-order valence-corrected chi connectivity index (χ0v) is 11.4. The second-order valence-electron chi connectivity index (χ2n) is 5.54. The van der Waals surface area contributed by atoms with Crippen molar-refractivity contribution in [1.29, 1.82) is 0 Å². The summed E-state index contributed by atoms with van der Waals surface area (Å²) in [5, 5.41) is 2.93. The highest BCUT2D eigenvalue weighted by atomic mass is 19.1. The molecular formula is C14H19FN2O2. The fourth-order valence-electron chi connectivity index (χ4n) is 2.25. The van der Waals surface area contributed by atoms with Crippen molar-refractivity contribution in [2.45, 2.75) is 32.4 Å². The Balaban J connectivity index is 2.09. The van der Waals surface area contributed by atoms with Crippen LogP contribution >= 0.6 is 0 Å². The summed E-state index contributed by atoms with van der Waals surface area (Å²) in [6.45, 7) is 4.05. The molecule has 0 saturated heterocycles. The lowest BCUT2D eigenvalue weighted by atomic mass is 9.63. The summed E-state index contributed by atoms with van der Waals surface area (Å²) in [5.41, 5.74) is 6.18. The van der Waals surface area contributed by atoms with Gasteiger partial charge in [0.25, 0.3) is 5.91 Å². The number of methoxy groups -OCH3 is 1. The molecule has 1 amide bonds. The van der Waals surface area contributed by atoms with Crippen LogP contribution in [0.15, 0.2) is 18.2 Å². The Labute approximate surface area is 112 Å². The molecule has 1 aromatic carbocycles. The first-order valence-electron chi connectivity index (χ1n) is 6.26. The first kappa shape index (κ1) is 13.8. The van der Waals surface area contributed by atoms with Gasteiger partial charge < -0.3 is 15.8 Å². The van der Waals surface area contributed by atoms with Gasteiger partial charge in [-0.25, -0.2) is 4.39 Å². The van der Waals surface area contributed by atoms with E-state index in [0.29, 0.717) is 5.56 Å². The fraction of sp³-hybridized carbons (Fsp3) is 0.500. The van der Waals surface area contributed by atoms with Crippen LogP contribution in [-0.4, -0.2) is 25.1 Å². The molecule has 4 nitrogen and oxygen atoms in total. The van der Waals surface area contributed by atoms with E-state index in [4.69, 9.17) is 10.5 Å². The Morgan fingerprint density at radius 2 is 2.21 bits per heavy atom. The minimum Gasteiger partial charge on any atom is -0.494 e. The first-order chi connectivity index (χ1) is 8.86. The first-order valence-corrected chi connectivity index (χ1v) is 6.26. The van der Waals surface area contributed by atoms with E-state index in [0.717, 1.165) is 6.42 Å². The van der Waals surface area contributed by atoms with E-state index in [1.165, 1.54) is 25.3 Å². The SMILES string of the molecule is COc1cc(C(=O)NC2CC(N)C2(C)C)ccc1F. The molecule has 2 atom stereocenters. The minimum absolute atomic E-state index is 0.0473. The Morgan fingerprint density at radius 3 is 2.74 bits per heavy atom. The molecule has 0 bridgehead atoms. The number of nitrogens with one attached hydrogen (secondary N) is 1. The van der Waals surface area contributed by atoms with Crippen LogP contribution in [0.3, 0.4) is 0 Å². The zero-order valence-electron chi connectivity index (χ0n) is 11.4. The average molecular weight is 266 g/mol. The van der Waals surface area contributed by atoms with Crippen molar-refractivity contribution in [1.82, 2.24) is 5.32 Å². The Bertz CT molecular complexity index is 502. The van der Waals surface area contributed by atoms with E-state index in [1.807, 2.05) is 13.8 Å². The predicted octanol–water partition coefficient (Wildman–Crippen LogP) is 1.69. The molecule has 0 spiro atoms. The number of nitrogens with two attached hydrogens (primary N) is 1. The van der Waals surface area contributed by atoms with Crippen molar-refractivity contribution < 1.29 is 13.9 Å². The predicted molar refractivity (Wildman–Crippen MR) is 70.6 cm³/mol. The normalized spacial score (nSPS) is 24.5. The summed E-state index contributed by atoms with van der Waals surface area (Å²) in [4.78, 5) is 12.1. The number of amides is 1. The average Bonchev–Trinajstić information content (AvgIpc) is 2.38. The molecule has 104 valence electrons. The van der Waals surface area contributed by atoms with Gasteiger partial charge in [-0.15, -0.1) is 0 Å². The number of hydrogen-bond acceptors (Lipinski definition) is 3. The summed E-state index contributed by atoms with van der Waals surface area (Å²) >= 11 is 0. The smallest absolute Gasteiger partial charge is 0.251 e. The molecule has 1 aromatic rings. The molecule has 0 aromatic heterocycles. The lowest BCUT2D eigenvalue weighted by Crippen LogP contribution is -2.64. The Hall–Kier alpha value is -1.62. The van der Waals surface area contributed by atoms with Crippen LogP contribution in [0.1, 0.15) is 30.6 Å². The van der Waals surface area contributed by atoms with Crippen molar-refractivity contribution in [3.8, 4) is 5.75 Å². The maximum absolute atomic E-state index is 13.3. The second-order valence-corrected chi connectivity index (χ2v) is 5.54. The number of halogens is 1. The molecule has 3 N–H and O–H groups in total. The van der Waals surface area contributed by atoms with Gasteiger partial charge in [-0.1, -0.05) is 13.8 Å². The van der Waals surface area contributed by atoms with Crippen LogP contribution in [0.5, 0.6) is 5.75 Å². The number of benzene rings is 1. The van der Waals surface area contributed by atoms with Crippen molar-refractivity contribution in [2.75, 3.05) is 7.11 Å². The van der Waals surface area contributed by atoms with Crippen LogP contribution in [0.2, 0.25) is 0 Å². The van der Waals surface area contributed by atoms with Gasteiger partial charge in [0.05, 0.1) is 7.11 Å². The third-order valence-electron chi connectivity index (χ3n) is 4.06. The van der Waals surface area contributed by atoms with Gasteiger partial charge in [-0.2, -0.15) is 0 Å². The lowest BCUT2D eigenvalue weighted by Gasteiger charge is -2.50. The van der Waals surface area contributed by atoms with Crippen molar-refractivity contribution in [2.24, 2.45) is 11.1 Å². The maximum Gasteiger partial charge on any atom is 0.251 e. The van der Waals surface area contributed by atoms with Crippen molar-refractivity contribution in [3.05, 3.63) is 29.6 Å². The van der Waals surface area contributed by atoms with Gasteiger partial charge in [-0.05, 0) is 24.6 Å². The third kappa shape index (κ3) is 2.42. The van der Waals surface area contributed by atoms with Gasteiger partial charge in [-0.3, -0.25) is 4.79 Å². The molecule has 19 heavy (non-hydrogen) atoms. The number of carbonyl (C=O) groups excluding carboxylic acids is 1. The molecule has 1 aliphatic carbocycles.